The molecule has 2 aliphatic rings. The van der Waals surface area contributed by atoms with Gasteiger partial charge >= 0.3 is 6.09 Å². The van der Waals surface area contributed by atoms with Gasteiger partial charge in [0.1, 0.15) is 0 Å². The van der Waals surface area contributed by atoms with Crippen LogP contribution in [0, 0.1) is 0 Å². The van der Waals surface area contributed by atoms with Gasteiger partial charge in [-0.1, -0.05) is 18.2 Å². The van der Waals surface area contributed by atoms with E-state index in [2.05, 4.69) is 0 Å². The SMILES string of the molecule is O=C(O)N1C=CC=C2CC=CC=C21. The number of hydrogen-bond acceptors (Lipinski definition) is 1. The summed E-state index contributed by atoms with van der Waals surface area (Å²) >= 11 is 0. The van der Waals surface area contributed by atoms with Crippen LogP contribution >= 0.6 is 0 Å². The number of allylic oxidation sites excluding steroid dienone is 6. The third kappa shape index (κ3) is 1.28. The molecule has 0 aromatic carbocycles. The van der Waals surface area contributed by atoms with Crippen molar-refractivity contribution in [2.45, 2.75) is 6.42 Å². The third-order valence-electron chi connectivity index (χ3n) is 2.06. The lowest BCUT2D eigenvalue weighted by Crippen LogP contribution is -2.26. The van der Waals surface area contributed by atoms with E-state index in [4.69, 9.17) is 5.11 Å². The molecule has 0 bridgehead atoms. The molecule has 1 aliphatic heterocycles. The second-order valence-electron chi connectivity index (χ2n) is 2.87. The third-order valence-corrected chi connectivity index (χ3v) is 2.06. The van der Waals surface area contributed by atoms with Gasteiger partial charge in [-0.2, -0.15) is 0 Å². The molecular weight excluding hydrogens is 166 g/mol. The van der Waals surface area contributed by atoms with Crippen LogP contribution in [-0.4, -0.2) is 16.1 Å². The molecule has 0 atom stereocenters. The Balaban J connectivity index is 2.39. The van der Waals surface area contributed by atoms with Crippen molar-refractivity contribution in [1.82, 2.24) is 4.90 Å². The van der Waals surface area contributed by atoms with Gasteiger partial charge in [0.05, 0.1) is 5.70 Å². The summed E-state index contributed by atoms with van der Waals surface area (Å²) in [5.74, 6) is 0. The molecule has 3 heteroatoms. The van der Waals surface area contributed by atoms with Crippen LogP contribution in [0.2, 0.25) is 0 Å². The Morgan fingerprint density at radius 1 is 1.38 bits per heavy atom. The van der Waals surface area contributed by atoms with Crippen LogP contribution < -0.4 is 0 Å². The number of fused-ring (bicyclic) bond motifs is 1. The first-order valence-corrected chi connectivity index (χ1v) is 4.06. The fourth-order valence-corrected chi connectivity index (χ4v) is 1.45. The normalized spacial score (nSPS) is 19.2. The molecule has 0 spiro atoms. The molecule has 1 N–H and O–H groups in total. The van der Waals surface area contributed by atoms with Gasteiger partial charge in [-0.05, 0) is 24.1 Å². The molecular formula is C10H9NO2. The molecule has 1 heterocycles. The van der Waals surface area contributed by atoms with Gasteiger partial charge in [0.15, 0.2) is 0 Å². The van der Waals surface area contributed by atoms with Crippen molar-refractivity contribution in [2.75, 3.05) is 0 Å². The molecule has 1 aliphatic carbocycles. The van der Waals surface area contributed by atoms with Gasteiger partial charge in [0.2, 0.25) is 0 Å². The van der Waals surface area contributed by atoms with E-state index >= 15 is 0 Å². The van der Waals surface area contributed by atoms with E-state index in [1.165, 1.54) is 4.90 Å². The predicted octanol–water partition coefficient (Wildman–Crippen LogP) is 2.26. The van der Waals surface area contributed by atoms with Gasteiger partial charge in [-0.3, -0.25) is 4.90 Å². The molecule has 0 aromatic heterocycles. The topological polar surface area (TPSA) is 40.5 Å². The molecule has 0 aromatic rings. The van der Waals surface area contributed by atoms with E-state index in [1.807, 2.05) is 24.3 Å². The highest BCUT2D eigenvalue weighted by molar-refractivity contribution is 5.72. The quantitative estimate of drug-likeness (QED) is 0.613. The summed E-state index contributed by atoms with van der Waals surface area (Å²) in [6.07, 6.45) is 10.8. The van der Waals surface area contributed by atoms with Crippen LogP contribution in [0.5, 0.6) is 0 Å². The number of amides is 1. The first-order chi connectivity index (χ1) is 6.29. The van der Waals surface area contributed by atoms with Crippen molar-refractivity contribution in [3.63, 3.8) is 0 Å². The average Bonchev–Trinajstić information content (AvgIpc) is 2.17. The molecule has 2 rings (SSSR count). The number of carboxylic acid groups (broad SMARTS) is 1. The minimum absolute atomic E-state index is 0.762. The van der Waals surface area contributed by atoms with E-state index in [9.17, 15) is 4.79 Å². The van der Waals surface area contributed by atoms with Crippen LogP contribution in [-0.2, 0) is 0 Å². The molecule has 66 valence electrons. The number of nitrogens with zero attached hydrogens (tertiary/aromatic N) is 1. The first-order valence-electron chi connectivity index (χ1n) is 4.06. The maximum Gasteiger partial charge on any atom is 0.415 e. The zero-order valence-corrected chi connectivity index (χ0v) is 6.97. The Morgan fingerprint density at radius 2 is 2.23 bits per heavy atom. The zero-order chi connectivity index (χ0) is 9.26. The maximum atomic E-state index is 10.8. The minimum atomic E-state index is -0.941. The van der Waals surface area contributed by atoms with Gasteiger partial charge in [0.25, 0.3) is 0 Å². The molecule has 0 radical (unpaired) electrons. The van der Waals surface area contributed by atoms with E-state index in [-0.39, 0.29) is 0 Å². The Hall–Kier alpha value is -1.77. The van der Waals surface area contributed by atoms with Crippen molar-refractivity contribution in [2.24, 2.45) is 0 Å². The summed E-state index contributed by atoms with van der Waals surface area (Å²) in [7, 11) is 0. The zero-order valence-electron chi connectivity index (χ0n) is 6.97. The lowest BCUT2D eigenvalue weighted by molar-refractivity contribution is 0.172. The van der Waals surface area contributed by atoms with Crippen molar-refractivity contribution >= 4 is 6.09 Å². The number of rotatable bonds is 0. The average molecular weight is 175 g/mol. The van der Waals surface area contributed by atoms with Gasteiger partial charge in [0, 0.05) is 6.20 Å². The van der Waals surface area contributed by atoms with Crippen molar-refractivity contribution < 1.29 is 9.90 Å². The summed E-state index contributed by atoms with van der Waals surface area (Å²) in [6, 6.07) is 0. The van der Waals surface area contributed by atoms with Crippen LogP contribution in [0.25, 0.3) is 0 Å². The van der Waals surface area contributed by atoms with Gasteiger partial charge in [-0.25, -0.2) is 4.79 Å². The Labute approximate surface area is 76.0 Å². The van der Waals surface area contributed by atoms with E-state index in [1.54, 1.807) is 12.3 Å². The number of carbonyl (C=O) groups is 1. The molecule has 0 unspecified atom stereocenters. The van der Waals surface area contributed by atoms with Gasteiger partial charge in [-0.15, -0.1) is 0 Å². The van der Waals surface area contributed by atoms with E-state index in [0.29, 0.717) is 0 Å². The highest BCUT2D eigenvalue weighted by atomic mass is 16.4. The molecule has 0 fully saturated rings. The summed E-state index contributed by atoms with van der Waals surface area (Å²) in [5.41, 5.74) is 1.81. The fourth-order valence-electron chi connectivity index (χ4n) is 1.45. The molecule has 1 amide bonds. The second kappa shape index (κ2) is 2.94. The smallest absolute Gasteiger partial charge is 0.415 e. The van der Waals surface area contributed by atoms with Crippen LogP contribution in [0.3, 0.4) is 0 Å². The van der Waals surface area contributed by atoms with Gasteiger partial charge < -0.3 is 5.11 Å². The summed E-state index contributed by atoms with van der Waals surface area (Å²) in [6.45, 7) is 0. The number of hydrogen-bond donors (Lipinski definition) is 1. The highest BCUT2D eigenvalue weighted by Gasteiger charge is 2.20. The van der Waals surface area contributed by atoms with Crippen LogP contribution in [0.4, 0.5) is 4.79 Å². The van der Waals surface area contributed by atoms with Crippen molar-refractivity contribution in [3.05, 3.63) is 47.9 Å². The molecule has 13 heavy (non-hydrogen) atoms. The molecule has 0 saturated carbocycles. The molecule has 0 saturated heterocycles. The summed E-state index contributed by atoms with van der Waals surface area (Å²) < 4.78 is 0. The Bertz CT molecular complexity index is 361. The second-order valence-corrected chi connectivity index (χ2v) is 2.87. The lowest BCUT2D eigenvalue weighted by atomic mass is 10.0. The lowest BCUT2D eigenvalue weighted by Gasteiger charge is -2.24. The monoisotopic (exact) mass is 175 g/mol. The van der Waals surface area contributed by atoms with Crippen LogP contribution in [0.15, 0.2) is 47.9 Å². The minimum Gasteiger partial charge on any atom is -0.464 e. The maximum absolute atomic E-state index is 10.8. The fraction of sp³-hybridized carbons (Fsp3) is 0.100. The Kier molecular flexibility index (Phi) is 1.77. The summed E-state index contributed by atoms with van der Waals surface area (Å²) in [5, 5.41) is 8.86. The largest absolute Gasteiger partial charge is 0.464 e. The van der Waals surface area contributed by atoms with E-state index < -0.39 is 6.09 Å². The highest BCUT2D eigenvalue weighted by Crippen LogP contribution is 2.26. The van der Waals surface area contributed by atoms with Crippen molar-refractivity contribution in [1.29, 1.82) is 0 Å². The summed E-state index contributed by atoms with van der Waals surface area (Å²) in [4.78, 5) is 12.0. The standard InChI is InChI=1S/C10H9NO2/c12-10(13)11-7-3-5-8-4-1-2-6-9(8)11/h1-3,5-7H,4H2,(H,12,13). The van der Waals surface area contributed by atoms with E-state index in [0.717, 1.165) is 17.7 Å². The van der Waals surface area contributed by atoms with Crippen molar-refractivity contribution in [3.8, 4) is 0 Å². The first kappa shape index (κ1) is 7.86. The Morgan fingerprint density at radius 3 is 3.00 bits per heavy atom. The van der Waals surface area contributed by atoms with Crippen LogP contribution in [0.1, 0.15) is 6.42 Å². The predicted molar refractivity (Wildman–Crippen MR) is 48.9 cm³/mol. The molecule has 3 nitrogen and oxygen atoms in total.